The lowest BCUT2D eigenvalue weighted by molar-refractivity contribution is -0.111. The molecular weight excluding hydrogens is 386 g/mol. The Bertz CT molecular complexity index is 802. The van der Waals surface area contributed by atoms with Gasteiger partial charge in [0.05, 0.1) is 29.4 Å². The van der Waals surface area contributed by atoms with Gasteiger partial charge in [0.15, 0.2) is 0 Å². The van der Waals surface area contributed by atoms with Crippen LogP contribution in [-0.4, -0.2) is 25.6 Å². The molecule has 0 aromatic heterocycles. The summed E-state index contributed by atoms with van der Waals surface area (Å²) in [6.07, 6.45) is 3.07. The van der Waals surface area contributed by atoms with Crippen LogP contribution in [0, 0.1) is 0 Å². The lowest BCUT2D eigenvalue weighted by Crippen LogP contribution is -2.13. The van der Waals surface area contributed by atoms with E-state index in [9.17, 15) is 9.59 Å². The van der Waals surface area contributed by atoms with Crippen LogP contribution in [0.4, 0.5) is 5.69 Å². The monoisotopic (exact) mass is 403 g/mol. The average molecular weight is 404 g/mol. The molecule has 0 aliphatic rings. The van der Waals surface area contributed by atoms with Crippen molar-refractivity contribution in [2.24, 2.45) is 0 Å². The normalized spacial score (nSPS) is 10.5. The van der Waals surface area contributed by atoms with Crippen LogP contribution in [0.2, 0.25) is 0 Å². The summed E-state index contributed by atoms with van der Waals surface area (Å²) in [5, 5.41) is 2.69. The molecule has 0 radical (unpaired) electrons. The maximum absolute atomic E-state index is 12.1. The third kappa shape index (κ3) is 5.19. The van der Waals surface area contributed by atoms with Crippen LogP contribution in [-0.2, 0) is 9.53 Å². The predicted octanol–water partition coefficient (Wildman–Crippen LogP) is 4.29. The van der Waals surface area contributed by atoms with Gasteiger partial charge in [-0.2, -0.15) is 0 Å². The van der Waals surface area contributed by atoms with E-state index in [-0.39, 0.29) is 12.5 Å². The Hall–Kier alpha value is -2.60. The lowest BCUT2D eigenvalue weighted by atomic mass is 10.1. The highest BCUT2D eigenvalue weighted by molar-refractivity contribution is 9.10. The molecule has 6 heteroatoms. The Kier molecular flexibility index (Phi) is 6.77. The van der Waals surface area contributed by atoms with Crippen molar-refractivity contribution in [3.8, 4) is 5.75 Å². The van der Waals surface area contributed by atoms with Gasteiger partial charge < -0.3 is 14.8 Å². The molecule has 25 heavy (non-hydrogen) atoms. The first-order valence-electron chi connectivity index (χ1n) is 7.64. The summed E-state index contributed by atoms with van der Waals surface area (Å²) in [6.45, 7) is 2.00. The molecule has 5 nitrogen and oxygen atoms in total. The maximum atomic E-state index is 12.1. The molecule has 2 aromatic carbocycles. The van der Waals surface area contributed by atoms with Crippen molar-refractivity contribution in [3.63, 3.8) is 0 Å². The van der Waals surface area contributed by atoms with Gasteiger partial charge in [-0.15, -0.1) is 0 Å². The number of hydrogen-bond donors (Lipinski definition) is 1. The quantitative estimate of drug-likeness (QED) is 0.577. The molecule has 0 saturated carbocycles. The van der Waals surface area contributed by atoms with Gasteiger partial charge in [0, 0.05) is 6.08 Å². The van der Waals surface area contributed by atoms with Crippen LogP contribution in [0.1, 0.15) is 22.8 Å². The first kappa shape index (κ1) is 18.7. The Morgan fingerprint density at radius 3 is 2.64 bits per heavy atom. The molecule has 0 atom stereocenters. The maximum Gasteiger partial charge on any atom is 0.340 e. The minimum Gasteiger partial charge on any atom is -0.496 e. The van der Waals surface area contributed by atoms with Crippen molar-refractivity contribution in [3.05, 3.63) is 64.1 Å². The average Bonchev–Trinajstić information content (AvgIpc) is 2.60. The van der Waals surface area contributed by atoms with Crippen LogP contribution >= 0.6 is 15.9 Å². The molecule has 1 N–H and O–H groups in total. The molecular formula is C19H18BrNO4. The molecule has 0 aliphatic heterocycles. The molecule has 0 spiro atoms. The number of nitrogens with one attached hydrogen (secondary N) is 1. The minimum atomic E-state index is -0.471. The van der Waals surface area contributed by atoms with E-state index in [1.54, 1.807) is 50.4 Å². The van der Waals surface area contributed by atoms with Crippen LogP contribution in [0.3, 0.4) is 0 Å². The Morgan fingerprint density at radius 1 is 1.20 bits per heavy atom. The number of esters is 1. The predicted molar refractivity (Wildman–Crippen MR) is 101 cm³/mol. The number of rotatable bonds is 6. The number of anilines is 1. The number of halogens is 1. The summed E-state index contributed by atoms with van der Waals surface area (Å²) < 4.78 is 11.0. The van der Waals surface area contributed by atoms with E-state index in [1.165, 1.54) is 6.08 Å². The van der Waals surface area contributed by atoms with Crippen molar-refractivity contribution in [1.82, 2.24) is 0 Å². The molecule has 0 heterocycles. The van der Waals surface area contributed by atoms with Crippen molar-refractivity contribution < 1.29 is 19.1 Å². The first-order valence-corrected chi connectivity index (χ1v) is 8.43. The smallest absolute Gasteiger partial charge is 0.340 e. The zero-order valence-corrected chi connectivity index (χ0v) is 15.5. The Labute approximate surface area is 154 Å². The molecule has 130 valence electrons. The van der Waals surface area contributed by atoms with Gasteiger partial charge in [-0.25, -0.2) is 4.79 Å². The number of ether oxygens (including phenoxy) is 2. The van der Waals surface area contributed by atoms with Gasteiger partial charge in [-0.3, -0.25) is 4.79 Å². The zero-order chi connectivity index (χ0) is 18.2. The molecule has 2 aromatic rings. The molecule has 0 saturated heterocycles. The van der Waals surface area contributed by atoms with E-state index in [0.717, 1.165) is 10.0 Å². The van der Waals surface area contributed by atoms with Crippen molar-refractivity contribution in [1.29, 1.82) is 0 Å². The highest BCUT2D eigenvalue weighted by atomic mass is 79.9. The number of hydrogen-bond acceptors (Lipinski definition) is 4. The lowest BCUT2D eigenvalue weighted by Gasteiger charge is -2.08. The number of carbonyl (C=O) groups excluding carboxylic acids is 2. The van der Waals surface area contributed by atoms with E-state index >= 15 is 0 Å². The first-order chi connectivity index (χ1) is 12.0. The van der Waals surface area contributed by atoms with Crippen LogP contribution in [0.15, 0.2) is 53.0 Å². The molecule has 1 amide bonds. The third-order valence-corrected chi connectivity index (χ3v) is 3.90. The van der Waals surface area contributed by atoms with E-state index in [0.29, 0.717) is 17.0 Å². The van der Waals surface area contributed by atoms with Gasteiger partial charge in [-0.05, 0) is 58.8 Å². The summed E-state index contributed by atoms with van der Waals surface area (Å²) >= 11 is 3.40. The SMILES string of the molecule is CCOC(=O)c1ccccc1NC(=O)/C=C/c1ccc(OC)c(Br)c1. The third-order valence-electron chi connectivity index (χ3n) is 3.28. The molecule has 0 bridgehead atoms. The Balaban J connectivity index is 2.10. The number of methoxy groups -OCH3 is 1. The minimum absolute atomic E-state index is 0.271. The molecule has 0 unspecified atom stereocenters. The standard InChI is InChI=1S/C19H18BrNO4/c1-3-25-19(23)14-6-4-5-7-16(14)21-18(22)11-9-13-8-10-17(24-2)15(20)12-13/h4-12H,3H2,1-2H3,(H,21,22)/b11-9+. The van der Waals surface area contributed by atoms with E-state index in [1.807, 2.05) is 12.1 Å². The van der Waals surface area contributed by atoms with Crippen LogP contribution < -0.4 is 10.1 Å². The summed E-state index contributed by atoms with van der Waals surface area (Å²) in [6, 6.07) is 12.2. The largest absolute Gasteiger partial charge is 0.496 e. The summed E-state index contributed by atoms with van der Waals surface area (Å²) in [7, 11) is 1.59. The second kappa shape index (κ2) is 9.03. The number of carbonyl (C=O) groups is 2. The van der Waals surface area contributed by atoms with Crippen molar-refractivity contribution >= 4 is 39.6 Å². The summed E-state index contributed by atoms with van der Waals surface area (Å²) in [4.78, 5) is 24.1. The van der Waals surface area contributed by atoms with Crippen molar-refractivity contribution in [2.75, 3.05) is 19.0 Å². The fourth-order valence-corrected chi connectivity index (χ4v) is 2.67. The topological polar surface area (TPSA) is 64.6 Å². The van der Waals surface area contributed by atoms with Crippen LogP contribution in [0.25, 0.3) is 6.08 Å². The number of amides is 1. The molecule has 0 aliphatic carbocycles. The van der Waals surface area contributed by atoms with Crippen molar-refractivity contribution in [2.45, 2.75) is 6.92 Å². The van der Waals surface area contributed by atoms with Gasteiger partial charge in [0.2, 0.25) is 5.91 Å². The molecule has 2 rings (SSSR count). The fraction of sp³-hybridized carbons (Fsp3) is 0.158. The molecule has 0 fully saturated rings. The number of para-hydroxylation sites is 1. The van der Waals surface area contributed by atoms with E-state index in [2.05, 4.69) is 21.2 Å². The second-order valence-electron chi connectivity index (χ2n) is 4.98. The van der Waals surface area contributed by atoms with Gasteiger partial charge >= 0.3 is 5.97 Å². The van der Waals surface area contributed by atoms with Gasteiger partial charge in [0.25, 0.3) is 0 Å². The fourth-order valence-electron chi connectivity index (χ4n) is 2.11. The number of benzene rings is 2. The van der Waals surface area contributed by atoms with Gasteiger partial charge in [0.1, 0.15) is 5.75 Å². The van der Waals surface area contributed by atoms with E-state index in [4.69, 9.17) is 9.47 Å². The van der Waals surface area contributed by atoms with E-state index < -0.39 is 5.97 Å². The highest BCUT2D eigenvalue weighted by Gasteiger charge is 2.12. The van der Waals surface area contributed by atoms with Gasteiger partial charge in [-0.1, -0.05) is 18.2 Å². The Morgan fingerprint density at radius 2 is 1.96 bits per heavy atom. The second-order valence-corrected chi connectivity index (χ2v) is 5.84. The zero-order valence-electron chi connectivity index (χ0n) is 13.9. The summed E-state index contributed by atoms with van der Waals surface area (Å²) in [5.74, 6) is -0.102. The van der Waals surface area contributed by atoms with Crippen LogP contribution in [0.5, 0.6) is 5.75 Å². The highest BCUT2D eigenvalue weighted by Crippen LogP contribution is 2.26. The summed E-state index contributed by atoms with van der Waals surface area (Å²) in [5.41, 5.74) is 1.56.